The van der Waals surface area contributed by atoms with Crippen molar-refractivity contribution in [1.29, 1.82) is 0 Å². The molecule has 5 heteroatoms. The van der Waals surface area contributed by atoms with E-state index in [0.717, 1.165) is 25.7 Å². The Hall–Kier alpha value is -0.870. The second-order valence-corrected chi connectivity index (χ2v) is 4.80. The predicted molar refractivity (Wildman–Crippen MR) is 63.7 cm³/mol. The fraction of sp³-hybridized carbons (Fsp3) is 0.636. The minimum Gasteiger partial charge on any atom is -0.388 e. The van der Waals surface area contributed by atoms with Crippen molar-refractivity contribution in [2.75, 3.05) is 11.9 Å². The van der Waals surface area contributed by atoms with Gasteiger partial charge in [0.15, 0.2) is 0 Å². The van der Waals surface area contributed by atoms with Crippen LogP contribution in [0.3, 0.4) is 0 Å². The van der Waals surface area contributed by atoms with Crippen molar-refractivity contribution in [2.45, 2.75) is 38.2 Å². The molecular formula is C11H16ClN3O. The highest BCUT2D eigenvalue weighted by molar-refractivity contribution is 6.29. The van der Waals surface area contributed by atoms with Gasteiger partial charge in [0.25, 0.3) is 0 Å². The average Bonchev–Trinajstić information content (AvgIpc) is 2.62. The molecule has 16 heavy (non-hydrogen) atoms. The molecule has 0 spiro atoms. The maximum Gasteiger partial charge on any atom is 0.134 e. The number of hydrogen-bond donors (Lipinski definition) is 2. The van der Waals surface area contributed by atoms with Crippen molar-refractivity contribution >= 4 is 17.4 Å². The highest BCUT2D eigenvalue weighted by atomic mass is 35.5. The Morgan fingerprint density at radius 1 is 1.44 bits per heavy atom. The number of hydrogen-bond acceptors (Lipinski definition) is 4. The molecule has 1 fully saturated rings. The van der Waals surface area contributed by atoms with Gasteiger partial charge in [0.05, 0.1) is 5.60 Å². The van der Waals surface area contributed by atoms with Crippen molar-refractivity contribution in [3.8, 4) is 0 Å². The molecule has 1 saturated carbocycles. The minimum absolute atomic E-state index is 0.424. The molecule has 0 aliphatic heterocycles. The molecule has 2 rings (SSSR count). The van der Waals surface area contributed by atoms with Crippen LogP contribution in [-0.4, -0.2) is 27.2 Å². The largest absolute Gasteiger partial charge is 0.388 e. The van der Waals surface area contributed by atoms with Crippen molar-refractivity contribution in [3.63, 3.8) is 0 Å². The third kappa shape index (κ3) is 2.83. The molecule has 0 amide bonds. The Kier molecular flexibility index (Phi) is 3.30. The zero-order valence-electron chi connectivity index (χ0n) is 9.33. The molecule has 1 aromatic heterocycles. The number of aromatic nitrogens is 2. The Balaban J connectivity index is 1.98. The summed E-state index contributed by atoms with van der Waals surface area (Å²) in [7, 11) is 0. The number of nitrogens with one attached hydrogen (secondary N) is 1. The van der Waals surface area contributed by atoms with E-state index in [1.165, 1.54) is 0 Å². The van der Waals surface area contributed by atoms with Crippen LogP contribution >= 0.6 is 11.6 Å². The van der Waals surface area contributed by atoms with E-state index in [1.807, 2.05) is 0 Å². The first kappa shape index (κ1) is 11.6. The molecule has 0 aromatic carbocycles. The van der Waals surface area contributed by atoms with Gasteiger partial charge in [-0.2, -0.15) is 0 Å². The molecule has 0 radical (unpaired) electrons. The number of anilines is 1. The first-order chi connectivity index (χ1) is 7.57. The van der Waals surface area contributed by atoms with Gasteiger partial charge in [-0.3, -0.25) is 0 Å². The molecule has 4 nitrogen and oxygen atoms in total. The molecule has 1 heterocycles. The maximum atomic E-state index is 10.2. The predicted octanol–water partition coefficient (Wildman–Crippen LogP) is 2.16. The van der Waals surface area contributed by atoms with Gasteiger partial charge >= 0.3 is 0 Å². The molecule has 0 bridgehead atoms. The Bertz CT molecular complexity index is 357. The summed E-state index contributed by atoms with van der Waals surface area (Å²) in [6.45, 7) is 2.32. The second-order valence-electron chi connectivity index (χ2n) is 4.41. The second kappa shape index (κ2) is 4.55. The number of aryl methyl sites for hydroxylation is 1. The van der Waals surface area contributed by atoms with Gasteiger partial charge in [0.2, 0.25) is 0 Å². The van der Waals surface area contributed by atoms with E-state index in [1.54, 1.807) is 13.0 Å². The minimum atomic E-state index is -0.578. The smallest absolute Gasteiger partial charge is 0.134 e. The lowest BCUT2D eigenvalue weighted by molar-refractivity contribution is 0.0614. The van der Waals surface area contributed by atoms with Crippen LogP contribution < -0.4 is 5.32 Å². The van der Waals surface area contributed by atoms with E-state index < -0.39 is 5.60 Å². The van der Waals surface area contributed by atoms with Crippen LogP contribution in [0.2, 0.25) is 5.15 Å². The summed E-state index contributed by atoms with van der Waals surface area (Å²) in [5.74, 6) is 1.31. The summed E-state index contributed by atoms with van der Waals surface area (Å²) in [5.41, 5.74) is -0.578. The molecule has 88 valence electrons. The molecule has 0 unspecified atom stereocenters. The SMILES string of the molecule is Cc1nc(Cl)cc(NCC2(O)CCCC2)n1. The average molecular weight is 242 g/mol. The van der Waals surface area contributed by atoms with Gasteiger partial charge in [0.1, 0.15) is 16.8 Å². The number of aliphatic hydroxyl groups is 1. The summed E-state index contributed by atoms with van der Waals surface area (Å²) in [6.07, 6.45) is 3.92. The maximum absolute atomic E-state index is 10.2. The van der Waals surface area contributed by atoms with Crippen LogP contribution in [0, 0.1) is 6.92 Å². The fourth-order valence-electron chi connectivity index (χ4n) is 2.09. The third-order valence-electron chi connectivity index (χ3n) is 2.94. The lowest BCUT2D eigenvalue weighted by Gasteiger charge is -2.22. The summed E-state index contributed by atoms with van der Waals surface area (Å²) in [5, 5.41) is 13.7. The molecule has 0 saturated heterocycles. The van der Waals surface area contributed by atoms with Crippen LogP contribution in [0.15, 0.2) is 6.07 Å². The Labute approximate surface area is 100 Å². The quantitative estimate of drug-likeness (QED) is 0.797. The molecule has 2 N–H and O–H groups in total. The molecule has 1 aliphatic carbocycles. The van der Waals surface area contributed by atoms with Gasteiger partial charge in [-0.1, -0.05) is 24.4 Å². The van der Waals surface area contributed by atoms with Gasteiger partial charge < -0.3 is 10.4 Å². The first-order valence-electron chi connectivity index (χ1n) is 5.55. The highest BCUT2D eigenvalue weighted by Crippen LogP contribution is 2.29. The van der Waals surface area contributed by atoms with Gasteiger partial charge in [0, 0.05) is 12.6 Å². The van der Waals surface area contributed by atoms with E-state index in [2.05, 4.69) is 15.3 Å². The van der Waals surface area contributed by atoms with Crippen LogP contribution in [0.25, 0.3) is 0 Å². The van der Waals surface area contributed by atoms with Gasteiger partial charge in [-0.15, -0.1) is 0 Å². The van der Waals surface area contributed by atoms with Gasteiger partial charge in [-0.25, -0.2) is 9.97 Å². The van der Waals surface area contributed by atoms with Crippen LogP contribution in [-0.2, 0) is 0 Å². The standard InChI is InChI=1S/C11H16ClN3O/c1-8-14-9(12)6-10(15-8)13-7-11(16)4-2-3-5-11/h6,16H,2-5,7H2,1H3,(H,13,14,15). The van der Waals surface area contributed by atoms with Gasteiger partial charge in [-0.05, 0) is 19.8 Å². The zero-order chi connectivity index (χ0) is 11.6. The summed E-state index contributed by atoms with van der Waals surface area (Å²) in [6, 6.07) is 1.67. The van der Waals surface area contributed by atoms with Crippen molar-refractivity contribution < 1.29 is 5.11 Å². The lowest BCUT2D eigenvalue weighted by Crippen LogP contribution is -2.33. The highest BCUT2D eigenvalue weighted by Gasteiger charge is 2.30. The number of halogens is 1. The number of rotatable bonds is 3. The van der Waals surface area contributed by atoms with Crippen LogP contribution in [0.4, 0.5) is 5.82 Å². The summed E-state index contributed by atoms with van der Waals surface area (Å²) in [4.78, 5) is 8.19. The molecule has 1 aromatic rings. The fourth-order valence-corrected chi connectivity index (χ4v) is 2.31. The summed E-state index contributed by atoms with van der Waals surface area (Å²) >= 11 is 5.83. The monoisotopic (exact) mass is 241 g/mol. The lowest BCUT2D eigenvalue weighted by atomic mass is 10.0. The molecule has 1 aliphatic rings. The van der Waals surface area contributed by atoms with E-state index in [4.69, 9.17) is 11.6 Å². The molecular weight excluding hydrogens is 226 g/mol. The van der Waals surface area contributed by atoms with E-state index in [9.17, 15) is 5.11 Å². The third-order valence-corrected chi connectivity index (χ3v) is 3.13. The Morgan fingerprint density at radius 2 is 2.12 bits per heavy atom. The van der Waals surface area contributed by atoms with E-state index in [-0.39, 0.29) is 0 Å². The normalized spacial score (nSPS) is 18.7. The first-order valence-corrected chi connectivity index (χ1v) is 5.93. The van der Waals surface area contributed by atoms with Crippen molar-refractivity contribution in [1.82, 2.24) is 9.97 Å². The van der Waals surface area contributed by atoms with Crippen molar-refractivity contribution in [3.05, 3.63) is 17.0 Å². The van der Waals surface area contributed by atoms with Crippen LogP contribution in [0.1, 0.15) is 31.5 Å². The van der Waals surface area contributed by atoms with E-state index in [0.29, 0.717) is 23.3 Å². The van der Waals surface area contributed by atoms with Crippen molar-refractivity contribution in [2.24, 2.45) is 0 Å². The Morgan fingerprint density at radius 3 is 2.75 bits per heavy atom. The summed E-state index contributed by atoms with van der Waals surface area (Å²) < 4.78 is 0. The topological polar surface area (TPSA) is 58.0 Å². The molecule has 0 atom stereocenters. The zero-order valence-corrected chi connectivity index (χ0v) is 10.1. The number of nitrogens with zero attached hydrogens (tertiary/aromatic N) is 2. The van der Waals surface area contributed by atoms with Crippen LogP contribution in [0.5, 0.6) is 0 Å². The van der Waals surface area contributed by atoms with E-state index >= 15 is 0 Å².